The van der Waals surface area contributed by atoms with Crippen LogP contribution in [0, 0.1) is 25.6 Å². The van der Waals surface area contributed by atoms with Crippen molar-refractivity contribution in [3.8, 4) is 0 Å². The van der Waals surface area contributed by atoms with Crippen molar-refractivity contribution in [1.82, 2.24) is 20.2 Å². The molecule has 1 saturated heterocycles. The van der Waals surface area contributed by atoms with Crippen LogP contribution in [0.5, 0.6) is 0 Å². The van der Waals surface area contributed by atoms with Crippen molar-refractivity contribution in [3.63, 3.8) is 0 Å². The Morgan fingerprint density at radius 2 is 1.92 bits per heavy atom. The van der Waals surface area contributed by atoms with Crippen LogP contribution >= 0.6 is 0 Å². The van der Waals surface area contributed by atoms with Crippen LogP contribution in [0.3, 0.4) is 0 Å². The lowest BCUT2D eigenvalue weighted by molar-refractivity contribution is 0.0688. The van der Waals surface area contributed by atoms with Gasteiger partial charge in [0.2, 0.25) is 0 Å². The molecule has 3 rings (SSSR count). The highest BCUT2D eigenvalue weighted by Gasteiger charge is 2.25. The summed E-state index contributed by atoms with van der Waals surface area (Å²) in [4.78, 5) is 23.7. The van der Waals surface area contributed by atoms with E-state index in [-0.39, 0.29) is 5.91 Å². The molecular formula is C19H25FN4O. The van der Waals surface area contributed by atoms with E-state index in [4.69, 9.17) is 0 Å². The smallest absolute Gasteiger partial charge is 0.256 e. The number of hydrogen-bond donors (Lipinski definition) is 1. The van der Waals surface area contributed by atoms with Gasteiger partial charge in [-0.1, -0.05) is 0 Å². The quantitative estimate of drug-likeness (QED) is 0.927. The topological polar surface area (TPSA) is 58.1 Å². The lowest BCUT2D eigenvalue weighted by atomic mass is 9.93. The molecule has 1 amide bonds. The summed E-state index contributed by atoms with van der Waals surface area (Å²) in [6, 6.07) is 2.64. The average Bonchev–Trinajstić information content (AvgIpc) is 2.60. The zero-order chi connectivity index (χ0) is 18.0. The molecule has 1 N–H and O–H groups in total. The van der Waals surface area contributed by atoms with Crippen molar-refractivity contribution in [2.24, 2.45) is 5.92 Å². The number of aryl methyl sites for hydroxylation is 2. The van der Waals surface area contributed by atoms with Crippen molar-refractivity contribution < 1.29 is 9.18 Å². The molecule has 2 heterocycles. The molecule has 0 atom stereocenters. The number of fused-ring (bicyclic) bond motifs is 1. The zero-order valence-corrected chi connectivity index (χ0v) is 15.1. The second kappa shape index (κ2) is 7.44. The van der Waals surface area contributed by atoms with Gasteiger partial charge in [-0.25, -0.2) is 14.4 Å². The fourth-order valence-electron chi connectivity index (χ4n) is 3.40. The Balaban J connectivity index is 1.84. The van der Waals surface area contributed by atoms with E-state index in [1.165, 1.54) is 12.1 Å². The lowest BCUT2D eigenvalue weighted by Gasteiger charge is -2.32. The van der Waals surface area contributed by atoms with Gasteiger partial charge in [-0.3, -0.25) is 4.79 Å². The molecule has 6 heteroatoms. The number of likely N-dealkylation sites (tertiary alicyclic amines) is 1. The molecule has 2 aromatic rings. The highest BCUT2D eigenvalue weighted by atomic mass is 19.1. The minimum atomic E-state index is -0.447. The maximum Gasteiger partial charge on any atom is 0.256 e. The Hall–Kier alpha value is -2.08. The second-order valence-electron chi connectivity index (χ2n) is 6.84. The molecule has 25 heavy (non-hydrogen) atoms. The average molecular weight is 344 g/mol. The molecule has 1 aromatic carbocycles. The fourth-order valence-corrected chi connectivity index (χ4v) is 3.40. The summed E-state index contributed by atoms with van der Waals surface area (Å²) in [5, 5.41) is 3.17. The number of piperidine rings is 1. The van der Waals surface area contributed by atoms with Crippen LogP contribution in [0.25, 0.3) is 11.0 Å². The molecular weight excluding hydrogens is 319 g/mol. The number of aromatic nitrogens is 2. The monoisotopic (exact) mass is 344 g/mol. The van der Waals surface area contributed by atoms with E-state index in [2.05, 4.69) is 15.3 Å². The Morgan fingerprint density at radius 3 is 2.60 bits per heavy atom. The van der Waals surface area contributed by atoms with Crippen LogP contribution in [0.15, 0.2) is 12.1 Å². The van der Waals surface area contributed by atoms with Gasteiger partial charge in [0.15, 0.2) is 0 Å². The third-order valence-corrected chi connectivity index (χ3v) is 5.08. The predicted octanol–water partition coefficient (Wildman–Crippen LogP) is 2.85. The molecule has 0 aliphatic carbocycles. The molecule has 1 fully saturated rings. The lowest BCUT2D eigenvalue weighted by Crippen LogP contribution is -2.39. The maximum atomic E-state index is 14.0. The largest absolute Gasteiger partial charge is 0.339 e. The number of hydrogen-bond acceptors (Lipinski definition) is 4. The summed E-state index contributed by atoms with van der Waals surface area (Å²) in [6.45, 7) is 6.12. The summed E-state index contributed by atoms with van der Waals surface area (Å²) >= 11 is 0. The van der Waals surface area contributed by atoms with Crippen molar-refractivity contribution in [2.75, 3.05) is 26.7 Å². The van der Waals surface area contributed by atoms with Gasteiger partial charge in [-0.15, -0.1) is 0 Å². The number of nitrogens with one attached hydrogen (secondary N) is 1. The first-order valence-electron chi connectivity index (χ1n) is 8.88. The number of carbonyl (C=O) groups is 1. The van der Waals surface area contributed by atoms with Crippen LogP contribution in [-0.2, 0) is 0 Å². The van der Waals surface area contributed by atoms with Crippen LogP contribution in [0.2, 0.25) is 0 Å². The van der Waals surface area contributed by atoms with Gasteiger partial charge in [0.1, 0.15) is 11.3 Å². The van der Waals surface area contributed by atoms with E-state index < -0.39 is 5.82 Å². The Morgan fingerprint density at radius 1 is 1.24 bits per heavy atom. The molecule has 1 aliphatic heterocycles. The van der Waals surface area contributed by atoms with Crippen molar-refractivity contribution >= 4 is 16.9 Å². The Labute approximate surface area is 147 Å². The van der Waals surface area contributed by atoms with E-state index in [9.17, 15) is 9.18 Å². The van der Waals surface area contributed by atoms with Gasteiger partial charge in [-0.2, -0.15) is 0 Å². The van der Waals surface area contributed by atoms with Gasteiger partial charge < -0.3 is 10.2 Å². The van der Waals surface area contributed by atoms with Crippen molar-refractivity contribution in [1.29, 1.82) is 0 Å². The third-order valence-electron chi connectivity index (χ3n) is 5.08. The molecule has 0 spiro atoms. The molecule has 1 aliphatic rings. The predicted molar refractivity (Wildman–Crippen MR) is 96.1 cm³/mol. The highest BCUT2D eigenvalue weighted by molar-refractivity contribution is 6.04. The Bertz CT molecular complexity index is 785. The second-order valence-corrected chi connectivity index (χ2v) is 6.84. The summed E-state index contributed by atoms with van der Waals surface area (Å²) in [5.41, 5.74) is 2.77. The molecule has 134 valence electrons. The normalized spacial score (nSPS) is 15.8. The molecule has 5 nitrogen and oxygen atoms in total. The summed E-state index contributed by atoms with van der Waals surface area (Å²) in [6.07, 6.45) is 3.11. The number of amides is 1. The van der Waals surface area contributed by atoms with Crippen LogP contribution in [-0.4, -0.2) is 47.5 Å². The van der Waals surface area contributed by atoms with Crippen molar-refractivity contribution in [3.05, 3.63) is 34.9 Å². The minimum absolute atomic E-state index is 0.144. The SMILES string of the molecule is CNCCC1CCN(C(=O)c2cc(F)cc3nc(C)c(C)nc23)CC1. The first-order valence-corrected chi connectivity index (χ1v) is 8.88. The number of carbonyl (C=O) groups excluding carboxylic acids is 1. The minimum Gasteiger partial charge on any atom is -0.339 e. The molecule has 0 bridgehead atoms. The fraction of sp³-hybridized carbons (Fsp3) is 0.526. The van der Waals surface area contributed by atoms with Gasteiger partial charge in [0.05, 0.1) is 22.5 Å². The number of halogens is 1. The van der Waals surface area contributed by atoms with E-state index >= 15 is 0 Å². The first-order chi connectivity index (χ1) is 12.0. The van der Waals surface area contributed by atoms with E-state index in [1.54, 1.807) is 0 Å². The standard InChI is InChI=1S/C19H25FN4O/c1-12-13(2)23-18-16(10-15(20)11-17(18)22-12)19(25)24-8-5-14(6-9-24)4-7-21-3/h10-11,14,21H,4-9H2,1-3H3. The summed E-state index contributed by atoms with van der Waals surface area (Å²) < 4.78 is 14.0. The maximum absolute atomic E-state index is 14.0. The van der Waals surface area contributed by atoms with E-state index in [0.717, 1.165) is 37.2 Å². The van der Waals surface area contributed by atoms with Crippen LogP contribution < -0.4 is 5.32 Å². The van der Waals surface area contributed by atoms with E-state index in [0.29, 0.717) is 35.6 Å². The van der Waals surface area contributed by atoms with Crippen LogP contribution in [0.4, 0.5) is 4.39 Å². The number of benzene rings is 1. The number of rotatable bonds is 4. The van der Waals surface area contributed by atoms with Gasteiger partial charge in [0.25, 0.3) is 5.91 Å². The van der Waals surface area contributed by atoms with Crippen LogP contribution in [0.1, 0.15) is 41.0 Å². The van der Waals surface area contributed by atoms with E-state index in [1.807, 2.05) is 25.8 Å². The molecule has 0 radical (unpaired) electrons. The molecule has 1 aromatic heterocycles. The van der Waals surface area contributed by atoms with Gasteiger partial charge >= 0.3 is 0 Å². The first kappa shape index (κ1) is 17.7. The molecule has 0 saturated carbocycles. The number of nitrogens with zero attached hydrogens (tertiary/aromatic N) is 3. The summed E-state index contributed by atoms with van der Waals surface area (Å²) in [7, 11) is 1.96. The zero-order valence-electron chi connectivity index (χ0n) is 15.1. The molecule has 0 unspecified atom stereocenters. The highest BCUT2D eigenvalue weighted by Crippen LogP contribution is 2.25. The Kier molecular flexibility index (Phi) is 5.27. The van der Waals surface area contributed by atoms with Crippen molar-refractivity contribution in [2.45, 2.75) is 33.1 Å². The van der Waals surface area contributed by atoms with Gasteiger partial charge in [0, 0.05) is 19.2 Å². The summed E-state index contributed by atoms with van der Waals surface area (Å²) in [5.74, 6) is 0.0527. The third kappa shape index (κ3) is 3.79. The van der Waals surface area contributed by atoms with Gasteiger partial charge in [-0.05, 0) is 58.7 Å².